The first-order valence-corrected chi connectivity index (χ1v) is 14.4. The zero-order valence-electron chi connectivity index (χ0n) is 20.3. The minimum Gasteiger partial charge on any atom is -0.0800 e. The molecule has 3 radical (unpaired) electrons. The Morgan fingerprint density at radius 3 is 1.10 bits per heavy atom. The minimum atomic E-state index is 0.908. The van der Waals surface area contributed by atoms with Crippen LogP contribution in [-0.2, 0) is 0 Å². The molecule has 0 spiro atoms. The summed E-state index contributed by atoms with van der Waals surface area (Å²) in [5, 5.41) is 0. The molecule has 3 aliphatic rings. The van der Waals surface area contributed by atoms with E-state index in [1.54, 1.807) is 0 Å². The summed E-state index contributed by atoms with van der Waals surface area (Å²) in [6, 6.07) is 0. The zero-order valence-corrected chi connectivity index (χ0v) is 20.3. The Bertz CT molecular complexity index is 379. The van der Waals surface area contributed by atoms with Crippen molar-refractivity contribution in [2.45, 2.75) is 171 Å². The van der Waals surface area contributed by atoms with E-state index in [1.165, 1.54) is 147 Å². The molecule has 2 heterocycles. The molecule has 1 saturated carbocycles. The Balaban J connectivity index is 1.69. The van der Waals surface area contributed by atoms with Crippen LogP contribution in [0.15, 0.2) is 0 Å². The number of fused-ring (bicyclic) bond motifs is 7. The molecule has 0 nitrogen and oxygen atoms in total. The summed E-state index contributed by atoms with van der Waals surface area (Å²) in [6.07, 6.45) is 33.8. The Morgan fingerprint density at radius 1 is 0.300 bits per heavy atom. The van der Waals surface area contributed by atoms with Crippen LogP contribution in [0.4, 0.5) is 0 Å². The van der Waals surface area contributed by atoms with Crippen molar-refractivity contribution in [3.8, 4) is 0 Å². The third kappa shape index (κ3) is 10.7. The van der Waals surface area contributed by atoms with Gasteiger partial charge in [-0.2, -0.15) is 0 Å². The van der Waals surface area contributed by atoms with Crippen LogP contribution in [0.1, 0.15) is 135 Å². The van der Waals surface area contributed by atoms with Crippen LogP contribution in [0.2, 0.25) is 35.9 Å². The van der Waals surface area contributed by atoms with Crippen LogP contribution in [0.25, 0.3) is 0 Å². The SMILES string of the molecule is [B]1CCCCCCCC2[B]C3CCCC1CCCC([B]CCCCCCC2)CCC3. The molecule has 2 saturated heterocycles. The van der Waals surface area contributed by atoms with Crippen LogP contribution >= 0.6 is 0 Å². The van der Waals surface area contributed by atoms with E-state index >= 15 is 0 Å². The van der Waals surface area contributed by atoms with Gasteiger partial charge >= 0.3 is 0 Å². The Labute approximate surface area is 192 Å². The Hall–Kier alpha value is 0.195. The number of hydrogen-bond donors (Lipinski definition) is 0. The van der Waals surface area contributed by atoms with Crippen LogP contribution < -0.4 is 0 Å². The lowest BCUT2D eigenvalue weighted by atomic mass is 9.49. The van der Waals surface area contributed by atoms with Gasteiger partial charge in [0, 0.05) is 0 Å². The van der Waals surface area contributed by atoms with Gasteiger partial charge in [-0.25, -0.2) is 0 Å². The molecule has 2 aliphatic heterocycles. The summed E-state index contributed by atoms with van der Waals surface area (Å²) in [5.41, 5.74) is 0. The van der Waals surface area contributed by atoms with Gasteiger partial charge in [-0.05, 0) is 0 Å². The van der Waals surface area contributed by atoms with Crippen molar-refractivity contribution in [1.82, 2.24) is 0 Å². The van der Waals surface area contributed by atoms with Gasteiger partial charge in [0.25, 0.3) is 0 Å². The molecule has 0 N–H and O–H groups in total. The van der Waals surface area contributed by atoms with Crippen molar-refractivity contribution in [3.63, 3.8) is 0 Å². The molecule has 30 heavy (non-hydrogen) atoms. The molecule has 0 aromatic rings. The zero-order chi connectivity index (χ0) is 20.7. The summed E-state index contributed by atoms with van der Waals surface area (Å²) in [5.74, 6) is 3.65. The highest BCUT2D eigenvalue weighted by molar-refractivity contribution is 6.39. The highest BCUT2D eigenvalue weighted by Crippen LogP contribution is 2.36. The molecular weight excluding hydrogens is 357 g/mol. The second-order valence-corrected chi connectivity index (χ2v) is 11.2. The predicted octanol–water partition coefficient (Wildman–Crippen LogP) is 9.32. The second kappa shape index (κ2) is 15.9. The van der Waals surface area contributed by atoms with Gasteiger partial charge in [-0.15, -0.1) is 0 Å². The highest BCUT2D eigenvalue weighted by atomic mass is 14.2. The lowest BCUT2D eigenvalue weighted by Gasteiger charge is -2.26. The molecule has 0 amide bonds. The maximum atomic E-state index is 2.91. The molecule has 2 unspecified atom stereocenters. The minimum absolute atomic E-state index is 0.908. The molecule has 0 aromatic heterocycles. The fourth-order valence-corrected chi connectivity index (χ4v) is 6.61. The molecule has 3 fully saturated rings. The number of hydrogen-bond acceptors (Lipinski definition) is 0. The first-order chi connectivity index (χ1) is 14.9. The topological polar surface area (TPSA) is 0 Å². The van der Waals surface area contributed by atoms with Gasteiger partial charge in [-0.1, -0.05) is 171 Å². The largest absolute Gasteiger partial charge is 0.117 e. The molecule has 0 aromatic carbocycles. The third-order valence-corrected chi connectivity index (χ3v) is 8.55. The summed E-state index contributed by atoms with van der Waals surface area (Å²) in [6.45, 7) is 0. The molecular formula is C27H50B3. The maximum Gasteiger partial charge on any atom is 0.117 e. The summed E-state index contributed by atoms with van der Waals surface area (Å²) in [7, 11) is 8.42. The normalized spacial score (nSPS) is 34.4. The first-order valence-electron chi connectivity index (χ1n) is 14.4. The molecule has 3 heteroatoms. The van der Waals surface area contributed by atoms with Crippen LogP contribution in [0, 0.1) is 0 Å². The van der Waals surface area contributed by atoms with Gasteiger partial charge in [-0.3, -0.25) is 0 Å². The van der Waals surface area contributed by atoms with Gasteiger partial charge in [0.2, 0.25) is 0 Å². The maximum absolute atomic E-state index is 2.91. The van der Waals surface area contributed by atoms with E-state index in [9.17, 15) is 0 Å². The van der Waals surface area contributed by atoms with Crippen molar-refractivity contribution in [1.29, 1.82) is 0 Å². The van der Waals surface area contributed by atoms with Crippen LogP contribution in [0.3, 0.4) is 0 Å². The predicted molar refractivity (Wildman–Crippen MR) is 139 cm³/mol. The lowest BCUT2D eigenvalue weighted by molar-refractivity contribution is 0.493. The number of rotatable bonds is 0. The van der Waals surface area contributed by atoms with E-state index in [0.29, 0.717) is 0 Å². The monoisotopic (exact) mass is 407 g/mol. The lowest BCUT2D eigenvalue weighted by Crippen LogP contribution is -2.14. The van der Waals surface area contributed by atoms with Gasteiger partial charge in [0.15, 0.2) is 0 Å². The van der Waals surface area contributed by atoms with Crippen molar-refractivity contribution >= 4 is 21.8 Å². The Morgan fingerprint density at radius 2 is 0.633 bits per heavy atom. The van der Waals surface area contributed by atoms with Crippen molar-refractivity contribution in [2.24, 2.45) is 0 Å². The van der Waals surface area contributed by atoms with E-state index in [1.807, 2.05) is 0 Å². The molecule has 167 valence electrons. The van der Waals surface area contributed by atoms with Crippen LogP contribution in [0.5, 0.6) is 0 Å². The molecule has 1 aliphatic carbocycles. The van der Waals surface area contributed by atoms with Crippen molar-refractivity contribution in [2.75, 3.05) is 0 Å². The van der Waals surface area contributed by atoms with Gasteiger partial charge in [0.05, 0.1) is 0 Å². The fraction of sp³-hybridized carbons (Fsp3) is 1.00. The second-order valence-electron chi connectivity index (χ2n) is 11.2. The molecule has 3 rings (SSSR count). The summed E-state index contributed by atoms with van der Waals surface area (Å²) < 4.78 is 0. The fourth-order valence-electron chi connectivity index (χ4n) is 6.61. The highest BCUT2D eigenvalue weighted by Gasteiger charge is 2.21. The van der Waals surface area contributed by atoms with Gasteiger partial charge in [0.1, 0.15) is 21.8 Å². The van der Waals surface area contributed by atoms with E-state index in [4.69, 9.17) is 0 Å². The molecule has 2 atom stereocenters. The molecule has 4 bridgehead atoms. The van der Waals surface area contributed by atoms with E-state index in [2.05, 4.69) is 21.8 Å². The van der Waals surface area contributed by atoms with Crippen molar-refractivity contribution < 1.29 is 0 Å². The average molecular weight is 407 g/mol. The van der Waals surface area contributed by atoms with Crippen LogP contribution in [-0.4, -0.2) is 21.8 Å². The summed E-state index contributed by atoms with van der Waals surface area (Å²) >= 11 is 0. The van der Waals surface area contributed by atoms with E-state index in [0.717, 1.165) is 23.3 Å². The smallest absolute Gasteiger partial charge is 0.0800 e. The Kier molecular flexibility index (Phi) is 13.2. The van der Waals surface area contributed by atoms with Crippen molar-refractivity contribution in [3.05, 3.63) is 0 Å². The van der Waals surface area contributed by atoms with Gasteiger partial charge < -0.3 is 0 Å². The standard InChI is InChI=1S/C27H50B3/c1-3-7-14-26-15-8-4-2-6-10-23-29-25-17-11-16-24(28-22-9-5-1)18-12-20-27(30-26)21-13-19-25/h24-27H,1-23H2. The summed E-state index contributed by atoms with van der Waals surface area (Å²) in [4.78, 5) is 0. The quantitative estimate of drug-likeness (QED) is 0.351. The third-order valence-electron chi connectivity index (χ3n) is 8.55. The van der Waals surface area contributed by atoms with E-state index < -0.39 is 0 Å². The van der Waals surface area contributed by atoms with E-state index in [-0.39, 0.29) is 0 Å². The average Bonchev–Trinajstić information content (AvgIpc) is 2.75. The first kappa shape index (κ1) is 24.8.